The lowest BCUT2D eigenvalue weighted by Gasteiger charge is -2.28. The second kappa shape index (κ2) is 8.71. The fraction of sp³-hybridized carbons (Fsp3) is 0.292. The van der Waals surface area contributed by atoms with Crippen molar-refractivity contribution in [3.05, 3.63) is 59.9 Å². The Morgan fingerprint density at radius 3 is 2.39 bits per heavy atom. The summed E-state index contributed by atoms with van der Waals surface area (Å²) in [5, 5.41) is 2.99. The van der Waals surface area contributed by atoms with Crippen LogP contribution in [0.3, 0.4) is 0 Å². The predicted octanol–water partition coefficient (Wildman–Crippen LogP) is 5.16. The van der Waals surface area contributed by atoms with Gasteiger partial charge in [0.05, 0.1) is 11.1 Å². The number of hydrogen-bond acceptors (Lipinski definition) is 4. The normalized spacial score (nSPS) is 11.3. The smallest absolute Gasteiger partial charge is 0.416 e. The molecule has 0 saturated carbocycles. The number of aromatic nitrogens is 1. The first-order valence-electron chi connectivity index (χ1n) is 10.1. The Morgan fingerprint density at radius 1 is 1.13 bits per heavy atom. The standard InChI is InChI=1S/C24H26FN3O3/c1-6-28(23(30)31-24(2,3)4)21-19(15-10-8-7-9-11-15)20(22(29)26-5)17-14-16(25)12-13-18(17)27-21/h7-14H,6H2,1-5H3,(H,26,29). The van der Waals surface area contributed by atoms with Crippen LogP contribution in [-0.4, -0.2) is 36.2 Å². The first-order valence-corrected chi connectivity index (χ1v) is 10.1. The summed E-state index contributed by atoms with van der Waals surface area (Å²) in [5.41, 5.74) is 1.05. The Bertz CT molecular complexity index is 1120. The number of pyridine rings is 1. The molecule has 0 saturated heterocycles. The highest BCUT2D eigenvalue weighted by Gasteiger charge is 2.29. The van der Waals surface area contributed by atoms with E-state index in [9.17, 15) is 14.0 Å². The Balaban J connectivity index is 2.40. The van der Waals surface area contributed by atoms with Crippen LogP contribution in [0.5, 0.6) is 0 Å². The summed E-state index contributed by atoms with van der Waals surface area (Å²) < 4.78 is 19.7. The van der Waals surface area contributed by atoms with Crippen LogP contribution < -0.4 is 10.2 Å². The number of ether oxygens (including phenoxy) is 1. The maximum atomic E-state index is 14.1. The van der Waals surface area contributed by atoms with E-state index in [0.717, 1.165) is 0 Å². The Hall–Kier alpha value is -3.48. The summed E-state index contributed by atoms with van der Waals surface area (Å²) in [5.74, 6) is -0.607. The van der Waals surface area contributed by atoms with Crippen LogP contribution in [0.15, 0.2) is 48.5 Å². The molecule has 0 spiro atoms. The van der Waals surface area contributed by atoms with Crippen molar-refractivity contribution in [3.63, 3.8) is 0 Å². The van der Waals surface area contributed by atoms with Gasteiger partial charge >= 0.3 is 6.09 Å². The summed E-state index contributed by atoms with van der Waals surface area (Å²) in [6, 6.07) is 13.2. The van der Waals surface area contributed by atoms with Crippen molar-refractivity contribution in [2.75, 3.05) is 18.5 Å². The van der Waals surface area contributed by atoms with Crippen LogP contribution in [0.4, 0.5) is 15.0 Å². The van der Waals surface area contributed by atoms with E-state index in [0.29, 0.717) is 22.0 Å². The maximum Gasteiger partial charge on any atom is 0.416 e. The van der Waals surface area contributed by atoms with E-state index in [-0.39, 0.29) is 17.9 Å². The molecule has 1 aromatic heterocycles. The van der Waals surface area contributed by atoms with Gasteiger partial charge in [-0.25, -0.2) is 14.2 Å². The Kier molecular flexibility index (Phi) is 6.24. The molecule has 6 nitrogen and oxygen atoms in total. The third-order valence-corrected chi connectivity index (χ3v) is 4.63. The third-order valence-electron chi connectivity index (χ3n) is 4.63. The number of nitrogens with zero attached hydrogens (tertiary/aromatic N) is 2. The van der Waals surface area contributed by atoms with Crippen LogP contribution >= 0.6 is 0 Å². The zero-order valence-electron chi connectivity index (χ0n) is 18.3. The summed E-state index contributed by atoms with van der Waals surface area (Å²) in [6.45, 7) is 7.41. The van der Waals surface area contributed by atoms with Crippen LogP contribution in [0.2, 0.25) is 0 Å². The number of halogens is 1. The van der Waals surface area contributed by atoms with E-state index in [4.69, 9.17) is 4.74 Å². The van der Waals surface area contributed by atoms with Gasteiger partial charge in [-0.05, 0) is 51.5 Å². The van der Waals surface area contributed by atoms with Gasteiger partial charge in [-0.2, -0.15) is 0 Å². The molecule has 0 radical (unpaired) electrons. The maximum absolute atomic E-state index is 14.1. The minimum Gasteiger partial charge on any atom is -0.443 e. The quantitative estimate of drug-likeness (QED) is 0.629. The van der Waals surface area contributed by atoms with Crippen molar-refractivity contribution in [2.24, 2.45) is 0 Å². The van der Waals surface area contributed by atoms with Gasteiger partial charge in [0.25, 0.3) is 5.91 Å². The van der Waals surface area contributed by atoms with Gasteiger partial charge in [-0.1, -0.05) is 30.3 Å². The molecule has 0 unspecified atom stereocenters. The molecule has 1 heterocycles. The van der Waals surface area contributed by atoms with E-state index in [1.807, 2.05) is 30.3 Å². The molecule has 0 aliphatic carbocycles. The lowest BCUT2D eigenvalue weighted by molar-refractivity contribution is 0.0581. The van der Waals surface area contributed by atoms with Crippen molar-refractivity contribution < 1.29 is 18.7 Å². The lowest BCUT2D eigenvalue weighted by atomic mass is 9.95. The fourth-order valence-electron chi connectivity index (χ4n) is 3.34. The number of anilines is 1. The number of carbonyl (C=O) groups is 2. The van der Waals surface area contributed by atoms with E-state index in [1.54, 1.807) is 27.7 Å². The van der Waals surface area contributed by atoms with Crippen molar-refractivity contribution in [1.29, 1.82) is 0 Å². The van der Waals surface area contributed by atoms with Crippen LogP contribution in [0, 0.1) is 5.82 Å². The second-order valence-corrected chi connectivity index (χ2v) is 8.02. The second-order valence-electron chi connectivity index (χ2n) is 8.02. The molecule has 3 rings (SSSR count). The minimum absolute atomic E-state index is 0.246. The molecule has 1 N–H and O–H groups in total. The zero-order valence-corrected chi connectivity index (χ0v) is 18.3. The molecule has 0 aliphatic rings. The molecule has 3 aromatic rings. The first-order chi connectivity index (χ1) is 14.7. The summed E-state index contributed by atoms with van der Waals surface area (Å²) in [6.07, 6.45) is -0.580. The van der Waals surface area contributed by atoms with E-state index >= 15 is 0 Å². The SMILES string of the molecule is CCN(C(=O)OC(C)(C)C)c1nc2ccc(F)cc2c(C(=O)NC)c1-c1ccccc1. The molecule has 162 valence electrons. The number of nitrogens with one attached hydrogen (secondary N) is 1. The van der Waals surface area contributed by atoms with Gasteiger partial charge in [0, 0.05) is 24.5 Å². The average molecular weight is 423 g/mol. The van der Waals surface area contributed by atoms with Gasteiger partial charge in [-0.3, -0.25) is 9.69 Å². The van der Waals surface area contributed by atoms with Gasteiger partial charge in [0.1, 0.15) is 17.2 Å². The number of hydrogen-bond donors (Lipinski definition) is 1. The topological polar surface area (TPSA) is 71.5 Å². The number of fused-ring (bicyclic) bond motifs is 1. The van der Waals surface area contributed by atoms with Gasteiger partial charge in [0.2, 0.25) is 0 Å². The minimum atomic E-state index is -0.707. The number of rotatable bonds is 4. The molecule has 0 atom stereocenters. The third kappa shape index (κ3) is 4.66. The Morgan fingerprint density at radius 2 is 1.81 bits per heavy atom. The van der Waals surface area contributed by atoms with Gasteiger partial charge < -0.3 is 10.1 Å². The first kappa shape index (κ1) is 22.2. The van der Waals surface area contributed by atoms with Crippen LogP contribution in [0.25, 0.3) is 22.0 Å². The van der Waals surface area contributed by atoms with Gasteiger partial charge in [-0.15, -0.1) is 0 Å². The van der Waals surface area contributed by atoms with Crippen molar-refractivity contribution in [3.8, 4) is 11.1 Å². The molecular weight excluding hydrogens is 397 g/mol. The van der Waals surface area contributed by atoms with E-state index in [1.165, 1.54) is 30.1 Å². The number of benzene rings is 2. The lowest BCUT2D eigenvalue weighted by Crippen LogP contribution is -2.38. The number of carbonyl (C=O) groups excluding carboxylic acids is 2. The average Bonchev–Trinajstić information content (AvgIpc) is 2.72. The molecule has 7 heteroatoms. The summed E-state index contributed by atoms with van der Waals surface area (Å²) in [4.78, 5) is 32.1. The largest absolute Gasteiger partial charge is 0.443 e. The van der Waals surface area contributed by atoms with Crippen molar-refractivity contribution in [1.82, 2.24) is 10.3 Å². The van der Waals surface area contributed by atoms with Crippen LogP contribution in [-0.2, 0) is 4.74 Å². The van der Waals surface area contributed by atoms with Crippen LogP contribution in [0.1, 0.15) is 38.1 Å². The highest BCUT2D eigenvalue weighted by Crippen LogP contribution is 2.38. The summed E-state index contributed by atoms with van der Waals surface area (Å²) in [7, 11) is 1.51. The molecule has 2 aromatic carbocycles. The fourth-order valence-corrected chi connectivity index (χ4v) is 3.34. The monoisotopic (exact) mass is 423 g/mol. The highest BCUT2D eigenvalue weighted by molar-refractivity contribution is 6.14. The van der Waals surface area contributed by atoms with E-state index < -0.39 is 23.4 Å². The zero-order chi connectivity index (χ0) is 22.8. The van der Waals surface area contributed by atoms with E-state index in [2.05, 4.69) is 10.3 Å². The number of amides is 2. The molecule has 2 amide bonds. The van der Waals surface area contributed by atoms with Gasteiger partial charge in [0.15, 0.2) is 0 Å². The summed E-state index contributed by atoms with van der Waals surface area (Å²) >= 11 is 0. The molecular formula is C24H26FN3O3. The Labute approximate surface area is 181 Å². The van der Waals surface area contributed by atoms with Crippen molar-refractivity contribution in [2.45, 2.75) is 33.3 Å². The predicted molar refractivity (Wildman–Crippen MR) is 120 cm³/mol. The molecule has 31 heavy (non-hydrogen) atoms. The molecule has 0 fully saturated rings. The molecule has 0 bridgehead atoms. The highest BCUT2D eigenvalue weighted by atomic mass is 19.1. The van der Waals surface area contributed by atoms with Crippen molar-refractivity contribution >= 4 is 28.7 Å². The molecule has 0 aliphatic heterocycles.